The number of nitrogens with zero attached hydrogens (tertiary/aromatic N) is 1. The third-order valence-corrected chi connectivity index (χ3v) is 3.44. The van der Waals surface area contributed by atoms with Gasteiger partial charge in [0.05, 0.1) is 0 Å². The highest BCUT2D eigenvalue weighted by Crippen LogP contribution is 2.28. The Hall–Kier alpha value is -1.22. The summed E-state index contributed by atoms with van der Waals surface area (Å²) < 4.78 is 5.99. The van der Waals surface area contributed by atoms with Gasteiger partial charge in [-0.3, -0.25) is 0 Å². The van der Waals surface area contributed by atoms with E-state index < -0.39 is 0 Å². The van der Waals surface area contributed by atoms with Gasteiger partial charge in [0.2, 0.25) is 0 Å². The van der Waals surface area contributed by atoms with Gasteiger partial charge in [0, 0.05) is 31.4 Å². The van der Waals surface area contributed by atoms with Crippen LogP contribution in [0.15, 0.2) is 18.2 Å². The first-order valence-corrected chi connectivity index (χ1v) is 6.03. The molecule has 0 aliphatic carbocycles. The molecule has 1 fully saturated rings. The molecule has 3 nitrogen and oxygen atoms in total. The molecule has 0 saturated carbocycles. The summed E-state index contributed by atoms with van der Waals surface area (Å²) in [7, 11) is 2.15. The highest BCUT2D eigenvalue weighted by molar-refractivity contribution is 5.58. The van der Waals surface area contributed by atoms with Gasteiger partial charge in [-0.15, -0.1) is 0 Å². The average molecular weight is 218 g/mol. The molecule has 0 amide bonds. The van der Waals surface area contributed by atoms with Crippen LogP contribution >= 0.6 is 0 Å². The third-order valence-electron chi connectivity index (χ3n) is 3.44. The minimum absolute atomic E-state index is 0.365. The Morgan fingerprint density at radius 1 is 1.44 bits per heavy atom. The van der Waals surface area contributed by atoms with Crippen LogP contribution in [0, 0.1) is 0 Å². The Balaban J connectivity index is 1.71. The van der Waals surface area contributed by atoms with Gasteiger partial charge in [0.25, 0.3) is 0 Å². The minimum atomic E-state index is 0.365. The highest BCUT2D eigenvalue weighted by Gasteiger charge is 2.21. The summed E-state index contributed by atoms with van der Waals surface area (Å²) in [4.78, 5) is 2.32. The summed E-state index contributed by atoms with van der Waals surface area (Å²) >= 11 is 0. The van der Waals surface area contributed by atoms with Gasteiger partial charge in [-0.1, -0.05) is 6.07 Å². The first-order chi connectivity index (χ1) is 7.81. The maximum absolute atomic E-state index is 5.99. The molecule has 0 spiro atoms. The van der Waals surface area contributed by atoms with Crippen LogP contribution < -0.4 is 10.1 Å². The largest absolute Gasteiger partial charge is 0.489 e. The summed E-state index contributed by atoms with van der Waals surface area (Å²) in [5.41, 5.74) is 2.67. The number of hydrogen-bond acceptors (Lipinski definition) is 3. The predicted molar refractivity (Wildman–Crippen MR) is 65.2 cm³/mol. The van der Waals surface area contributed by atoms with Crippen LogP contribution in [0.2, 0.25) is 0 Å². The average Bonchev–Trinajstić information content (AvgIpc) is 2.87. The summed E-state index contributed by atoms with van der Waals surface area (Å²) in [6.07, 6.45) is 2.65. The lowest BCUT2D eigenvalue weighted by atomic mass is 10.1. The standard InChI is InChI=1S/C13H18N2O/c1-15-7-5-12(9-15)16-11-3-2-10-4-6-14-13(10)8-11/h2-3,8,12,14H,4-7,9H2,1H3/t12-/m0/s1. The smallest absolute Gasteiger partial charge is 0.121 e. The van der Waals surface area contributed by atoms with Crippen molar-refractivity contribution in [3.05, 3.63) is 23.8 Å². The zero-order chi connectivity index (χ0) is 11.0. The molecular weight excluding hydrogens is 200 g/mol. The molecule has 1 atom stereocenters. The SMILES string of the molecule is CN1CC[C@H](Oc2ccc3c(c2)NCC3)C1. The third kappa shape index (κ3) is 1.87. The molecule has 1 N–H and O–H groups in total. The number of benzene rings is 1. The molecule has 16 heavy (non-hydrogen) atoms. The van der Waals surface area contributed by atoms with Crippen LogP contribution in [0.25, 0.3) is 0 Å². The van der Waals surface area contributed by atoms with Crippen molar-refractivity contribution in [3.8, 4) is 5.75 Å². The molecule has 1 aromatic rings. The van der Waals surface area contributed by atoms with E-state index in [0.29, 0.717) is 6.10 Å². The minimum Gasteiger partial charge on any atom is -0.489 e. The van der Waals surface area contributed by atoms with Crippen molar-refractivity contribution in [2.24, 2.45) is 0 Å². The Kier molecular flexibility index (Phi) is 2.48. The van der Waals surface area contributed by atoms with E-state index in [2.05, 4.69) is 35.5 Å². The normalized spacial score (nSPS) is 24.2. The number of likely N-dealkylation sites (N-methyl/N-ethyl adjacent to an activating group) is 1. The van der Waals surface area contributed by atoms with Crippen molar-refractivity contribution < 1.29 is 4.74 Å². The second kappa shape index (κ2) is 3.98. The Morgan fingerprint density at radius 2 is 2.38 bits per heavy atom. The summed E-state index contributed by atoms with van der Waals surface area (Å²) in [5, 5.41) is 3.38. The highest BCUT2D eigenvalue weighted by atomic mass is 16.5. The number of anilines is 1. The predicted octanol–water partition coefficient (Wildman–Crippen LogP) is 1.74. The fourth-order valence-electron chi connectivity index (χ4n) is 2.53. The van der Waals surface area contributed by atoms with Crippen LogP contribution in [0.4, 0.5) is 5.69 Å². The van der Waals surface area contributed by atoms with Crippen molar-refractivity contribution in [3.63, 3.8) is 0 Å². The van der Waals surface area contributed by atoms with E-state index in [0.717, 1.165) is 38.2 Å². The molecule has 1 aromatic carbocycles. The lowest BCUT2D eigenvalue weighted by Crippen LogP contribution is -2.21. The molecular formula is C13H18N2O. The van der Waals surface area contributed by atoms with Crippen molar-refractivity contribution in [2.75, 3.05) is 32.0 Å². The summed E-state index contributed by atoms with van der Waals surface area (Å²) in [6.45, 7) is 3.25. The second-order valence-corrected chi connectivity index (χ2v) is 4.79. The molecule has 2 aliphatic heterocycles. The molecule has 3 heteroatoms. The summed E-state index contributed by atoms with van der Waals surface area (Å²) in [6, 6.07) is 6.42. The first-order valence-electron chi connectivity index (χ1n) is 6.03. The number of likely N-dealkylation sites (tertiary alicyclic amines) is 1. The van der Waals surface area contributed by atoms with Gasteiger partial charge in [-0.25, -0.2) is 0 Å². The van der Waals surface area contributed by atoms with Crippen LogP contribution in [0.5, 0.6) is 5.75 Å². The maximum Gasteiger partial charge on any atom is 0.121 e. The molecule has 86 valence electrons. The summed E-state index contributed by atoms with van der Waals surface area (Å²) in [5.74, 6) is 1.01. The van der Waals surface area contributed by atoms with Crippen molar-refractivity contribution >= 4 is 5.69 Å². The number of hydrogen-bond donors (Lipinski definition) is 1. The molecule has 2 heterocycles. The fraction of sp³-hybridized carbons (Fsp3) is 0.538. The Bertz CT molecular complexity index is 392. The number of ether oxygens (including phenoxy) is 1. The maximum atomic E-state index is 5.99. The molecule has 3 rings (SSSR count). The molecule has 0 aromatic heterocycles. The fourth-order valence-corrected chi connectivity index (χ4v) is 2.53. The molecule has 0 radical (unpaired) electrons. The van der Waals surface area contributed by atoms with Crippen molar-refractivity contribution in [2.45, 2.75) is 18.9 Å². The topological polar surface area (TPSA) is 24.5 Å². The number of fused-ring (bicyclic) bond motifs is 1. The van der Waals surface area contributed by atoms with Crippen LogP contribution in [0.1, 0.15) is 12.0 Å². The van der Waals surface area contributed by atoms with Crippen molar-refractivity contribution in [1.29, 1.82) is 0 Å². The van der Waals surface area contributed by atoms with E-state index in [9.17, 15) is 0 Å². The second-order valence-electron chi connectivity index (χ2n) is 4.79. The molecule has 1 saturated heterocycles. The quantitative estimate of drug-likeness (QED) is 0.818. The van der Waals surface area contributed by atoms with E-state index in [1.807, 2.05) is 0 Å². The Labute approximate surface area is 96.4 Å². The van der Waals surface area contributed by atoms with Crippen LogP contribution in [-0.4, -0.2) is 37.7 Å². The zero-order valence-electron chi connectivity index (χ0n) is 9.70. The van der Waals surface area contributed by atoms with E-state index in [4.69, 9.17) is 4.74 Å². The molecule has 0 unspecified atom stereocenters. The van der Waals surface area contributed by atoms with E-state index >= 15 is 0 Å². The monoisotopic (exact) mass is 218 g/mol. The van der Waals surface area contributed by atoms with Gasteiger partial charge in [0.1, 0.15) is 11.9 Å². The van der Waals surface area contributed by atoms with E-state index in [1.54, 1.807) is 0 Å². The first kappa shape index (κ1) is 9.97. The van der Waals surface area contributed by atoms with Gasteiger partial charge >= 0.3 is 0 Å². The van der Waals surface area contributed by atoms with E-state index in [-0.39, 0.29) is 0 Å². The van der Waals surface area contributed by atoms with E-state index in [1.165, 1.54) is 11.3 Å². The van der Waals surface area contributed by atoms with Crippen LogP contribution in [0.3, 0.4) is 0 Å². The number of nitrogens with one attached hydrogen (secondary N) is 1. The van der Waals surface area contributed by atoms with Gasteiger partial charge in [-0.05, 0) is 31.5 Å². The molecule has 0 bridgehead atoms. The van der Waals surface area contributed by atoms with Gasteiger partial charge < -0.3 is 15.0 Å². The number of rotatable bonds is 2. The van der Waals surface area contributed by atoms with Gasteiger partial charge in [-0.2, -0.15) is 0 Å². The zero-order valence-corrected chi connectivity index (χ0v) is 9.70. The Morgan fingerprint density at radius 3 is 3.19 bits per heavy atom. The van der Waals surface area contributed by atoms with Gasteiger partial charge in [0.15, 0.2) is 0 Å². The van der Waals surface area contributed by atoms with Crippen molar-refractivity contribution in [1.82, 2.24) is 4.90 Å². The lowest BCUT2D eigenvalue weighted by Gasteiger charge is -2.14. The van der Waals surface area contributed by atoms with Crippen LogP contribution in [-0.2, 0) is 6.42 Å². The molecule has 2 aliphatic rings. The lowest BCUT2D eigenvalue weighted by molar-refractivity contribution is 0.208.